The summed E-state index contributed by atoms with van der Waals surface area (Å²) in [6.07, 6.45) is 1.44. The number of halogens is 3. The third-order valence-electron chi connectivity index (χ3n) is 1.54. The molecule has 0 unspecified atom stereocenters. The lowest BCUT2D eigenvalue weighted by atomic mass is 10.2. The summed E-state index contributed by atoms with van der Waals surface area (Å²) in [7, 11) is 0. The molecule has 0 heterocycles. The molecule has 0 atom stereocenters. The Morgan fingerprint density at radius 2 is 1.71 bits per heavy atom. The Hall–Kier alpha value is -0.900. The lowest BCUT2D eigenvalue weighted by Gasteiger charge is -1.99. The standard InChI is InChI=1S/C10H9F3S/c1-8-2-4-9(5-3-8)6-7-14-10(11,12)13/h2-7H,1H3/b7-6+. The lowest BCUT2D eigenvalue weighted by molar-refractivity contribution is -0.0319. The molecule has 0 nitrogen and oxygen atoms in total. The zero-order valence-corrected chi connectivity index (χ0v) is 8.32. The first-order chi connectivity index (χ1) is 6.47. The molecular weight excluding hydrogens is 209 g/mol. The number of aryl methyl sites for hydroxylation is 1. The highest BCUT2D eigenvalue weighted by Crippen LogP contribution is 2.31. The van der Waals surface area contributed by atoms with Crippen LogP contribution in [-0.2, 0) is 0 Å². The topological polar surface area (TPSA) is 0 Å². The molecular formula is C10H9F3S. The second kappa shape index (κ2) is 4.55. The molecule has 4 heteroatoms. The molecule has 0 N–H and O–H groups in total. The second-order valence-electron chi connectivity index (χ2n) is 2.78. The molecule has 0 aliphatic rings. The zero-order valence-electron chi connectivity index (χ0n) is 7.51. The van der Waals surface area contributed by atoms with Gasteiger partial charge in [0.25, 0.3) is 0 Å². The van der Waals surface area contributed by atoms with Crippen LogP contribution in [-0.4, -0.2) is 5.51 Å². The van der Waals surface area contributed by atoms with E-state index < -0.39 is 5.51 Å². The van der Waals surface area contributed by atoms with Crippen LogP contribution in [0.5, 0.6) is 0 Å². The summed E-state index contributed by atoms with van der Waals surface area (Å²) < 4.78 is 35.2. The fourth-order valence-electron chi connectivity index (χ4n) is 0.867. The Kier molecular flexibility index (Phi) is 3.63. The third kappa shape index (κ3) is 4.37. The predicted molar refractivity (Wildman–Crippen MR) is 53.9 cm³/mol. The van der Waals surface area contributed by atoms with Crippen LogP contribution >= 0.6 is 11.8 Å². The van der Waals surface area contributed by atoms with Gasteiger partial charge in [0.1, 0.15) is 0 Å². The Balaban J connectivity index is 2.57. The summed E-state index contributed by atoms with van der Waals surface area (Å²) in [5.74, 6) is 0. The average molecular weight is 218 g/mol. The van der Waals surface area contributed by atoms with Gasteiger partial charge < -0.3 is 0 Å². The molecule has 1 rings (SSSR count). The van der Waals surface area contributed by atoms with Gasteiger partial charge in [-0.05, 0) is 35.7 Å². The maximum Gasteiger partial charge on any atom is 0.445 e. The van der Waals surface area contributed by atoms with Crippen LogP contribution in [0.1, 0.15) is 11.1 Å². The van der Waals surface area contributed by atoms with Crippen molar-refractivity contribution in [2.45, 2.75) is 12.4 Å². The molecule has 0 aromatic heterocycles. The maximum absolute atomic E-state index is 11.7. The van der Waals surface area contributed by atoms with Gasteiger partial charge in [0.15, 0.2) is 0 Å². The van der Waals surface area contributed by atoms with Gasteiger partial charge in [-0.3, -0.25) is 0 Å². The molecule has 0 aliphatic carbocycles. The predicted octanol–water partition coefficient (Wildman–Crippen LogP) is 4.22. The van der Waals surface area contributed by atoms with Gasteiger partial charge in [0, 0.05) is 0 Å². The molecule has 0 saturated heterocycles. The van der Waals surface area contributed by atoms with Crippen LogP contribution < -0.4 is 0 Å². The van der Waals surface area contributed by atoms with Gasteiger partial charge in [-0.25, -0.2) is 0 Å². The van der Waals surface area contributed by atoms with Crippen molar-refractivity contribution in [3.05, 3.63) is 40.8 Å². The van der Waals surface area contributed by atoms with Crippen molar-refractivity contribution in [2.75, 3.05) is 0 Å². The van der Waals surface area contributed by atoms with Crippen molar-refractivity contribution in [3.63, 3.8) is 0 Å². The van der Waals surface area contributed by atoms with Crippen LogP contribution in [0.25, 0.3) is 6.08 Å². The molecule has 0 bridgehead atoms. The van der Waals surface area contributed by atoms with Crippen LogP contribution in [0.2, 0.25) is 0 Å². The summed E-state index contributed by atoms with van der Waals surface area (Å²) in [4.78, 5) is 0. The molecule has 0 radical (unpaired) electrons. The molecule has 0 spiro atoms. The van der Waals surface area contributed by atoms with E-state index in [2.05, 4.69) is 0 Å². The van der Waals surface area contributed by atoms with Gasteiger partial charge in [0.05, 0.1) is 0 Å². The first-order valence-electron chi connectivity index (χ1n) is 3.95. The highest BCUT2D eigenvalue weighted by molar-refractivity contribution is 8.03. The molecule has 1 aromatic carbocycles. The van der Waals surface area contributed by atoms with Crippen LogP contribution in [0.15, 0.2) is 29.7 Å². The van der Waals surface area contributed by atoms with E-state index in [1.54, 1.807) is 12.1 Å². The van der Waals surface area contributed by atoms with Crippen molar-refractivity contribution in [1.29, 1.82) is 0 Å². The van der Waals surface area contributed by atoms with Gasteiger partial charge >= 0.3 is 5.51 Å². The van der Waals surface area contributed by atoms with E-state index >= 15 is 0 Å². The minimum Gasteiger partial charge on any atom is -0.160 e. The smallest absolute Gasteiger partial charge is 0.160 e. The molecule has 76 valence electrons. The van der Waals surface area contributed by atoms with Crippen LogP contribution in [0.4, 0.5) is 13.2 Å². The summed E-state index contributed by atoms with van der Waals surface area (Å²) in [6, 6.07) is 7.28. The molecule has 0 amide bonds. The van der Waals surface area contributed by atoms with Gasteiger partial charge in [-0.1, -0.05) is 29.8 Å². The molecule has 0 saturated carbocycles. The van der Waals surface area contributed by atoms with E-state index in [4.69, 9.17) is 0 Å². The van der Waals surface area contributed by atoms with Gasteiger partial charge in [-0.15, -0.1) is 0 Å². The van der Waals surface area contributed by atoms with Gasteiger partial charge in [-0.2, -0.15) is 13.2 Å². The summed E-state index contributed by atoms with van der Waals surface area (Å²) in [6.45, 7) is 1.93. The van der Waals surface area contributed by atoms with Crippen LogP contribution in [0, 0.1) is 6.92 Å². The van der Waals surface area contributed by atoms with E-state index in [1.807, 2.05) is 19.1 Å². The SMILES string of the molecule is Cc1ccc(/C=C/SC(F)(F)F)cc1. The summed E-state index contributed by atoms with van der Waals surface area (Å²) in [5.41, 5.74) is -2.33. The number of rotatable bonds is 2. The lowest BCUT2D eigenvalue weighted by Crippen LogP contribution is -1.96. The second-order valence-corrected chi connectivity index (χ2v) is 3.75. The quantitative estimate of drug-likeness (QED) is 0.716. The average Bonchev–Trinajstić information content (AvgIpc) is 2.06. The zero-order chi connectivity index (χ0) is 10.6. The van der Waals surface area contributed by atoms with Crippen molar-refractivity contribution in [3.8, 4) is 0 Å². The number of hydrogen-bond acceptors (Lipinski definition) is 1. The van der Waals surface area contributed by atoms with Crippen molar-refractivity contribution in [2.24, 2.45) is 0 Å². The number of benzene rings is 1. The summed E-state index contributed by atoms with van der Waals surface area (Å²) in [5, 5.41) is 1.05. The minimum absolute atomic E-state index is 0.148. The third-order valence-corrected chi connectivity index (χ3v) is 2.08. The number of hydrogen-bond donors (Lipinski definition) is 0. The van der Waals surface area contributed by atoms with Crippen LogP contribution in [0.3, 0.4) is 0 Å². The Bertz CT molecular complexity index is 311. The van der Waals surface area contributed by atoms with Crippen molar-refractivity contribution < 1.29 is 13.2 Å². The monoisotopic (exact) mass is 218 g/mol. The largest absolute Gasteiger partial charge is 0.445 e. The Morgan fingerprint density at radius 1 is 1.14 bits per heavy atom. The first-order valence-corrected chi connectivity index (χ1v) is 4.83. The van der Waals surface area contributed by atoms with E-state index in [1.165, 1.54) is 6.08 Å². The Morgan fingerprint density at radius 3 is 2.21 bits per heavy atom. The number of thioether (sulfide) groups is 1. The Labute approximate surface area is 84.8 Å². The fourth-order valence-corrected chi connectivity index (χ4v) is 1.25. The van der Waals surface area contributed by atoms with E-state index in [0.717, 1.165) is 16.5 Å². The molecule has 14 heavy (non-hydrogen) atoms. The van der Waals surface area contributed by atoms with E-state index in [9.17, 15) is 13.2 Å². The normalized spacial score (nSPS) is 12.3. The minimum atomic E-state index is -4.19. The van der Waals surface area contributed by atoms with Crippen molar-refractivity contribution >= 4 is 17.8 Å². The van der Waals surface area contributed by atoms with Crippen molar-refractivity contribution in [1.82, 2.24) is 0 Å². The van der Waals surface area contributed by atoms with E-state index in [-0.39, 0.29) is 11.8 Å². The molecule has 0 aliphatic heterocycles. The molecule has 0 fully saturated rings. The van der Waals surface area contributed by atoms with E-state index in [0.29, 0.717) is 0 Å². The fraction of sp³-hybridized carbons (Fsp3) is 0.200. The maximum atomic E-state index is 11.7. The highest BCUT2D eigenvalue weighted by atomic mass is 32.2. The highest BCUT2D eigenvalue weighted by Gasteiger charge is 2.26. The number of alkyl halides is 3. The van der Waals surface area contributed by atoms with Gasteiger partial charge in [0.2, 0.25) is 0 Å². The first kappa shape index (κ1) is 11.2. The summed E-state index contributed by atoms with van der Waals surface area (Å²) >= 11 is -0.148. The molecule has 1 aromatic rings.